The number of nitrogens with one attached hydrogen (secondary N) is 1. The van der Waals surface area contributed by atoms with Gasteiger partial charge in [-0.05, 0) is 55.9 Å². The fourth-order valence-electron chi connectivity index (χ4n) is 5.02. The summed E-state index contributed by atoms with van der Waals surface area (Å²) in [7, 11) is 4.11. The normalized spacial score (nSPS) is 43.8. The third-order valence-corrected chi connectivity index (χ3v) is 5.57. The zero-order valence-electron chi connectivity index (χ0n) is 10.6. The molecule has 4 rings (SSSR count). The van der Waals surface area contributed by atoms with Gasteiger partial charge in [0.15, 0.2) is 0 Å². The molecule has 92 valence electrons. The van der Waals surface area contributed by atoms with Crippen LogP contribution in [0.3, 0.4) is 0 Å². The summed E-state index contributed by atoms with van der Waals surface area (Å²) in [6.07, 6.45) is 8.77. The van der Waals surface area contributed by atoms with Gasteiger partial charge in [0.2, 0.25) is 0 Å². The van der Waals surface area contributed by atoms with Crippen LogP contribution in [0.1, 0.15) is 30.9 Å². The van der Waals surface area contributed by atoms with Crippen molar-refractivity contribution in [2.24, 2.45) is 36.6 Å². The summed E-state index contributed by atoms with van der Waals surface area (Å²) in [5.41, 5.74) is 1.38. The summed E-state index contributed by atoms with van der Waals surface area (Å²) in [5, 5.41) is 7.86. The van der Waals surface area contributed by atoms with Gasteiger partial charge in [0.25, 0.3) is 0 Å². The molecule has 0 aliphatic heterocycles. The molecule has 2 bridgehead atoms. The predicted octanol–water partition coefficient (Wildman–Crippen LogP) is 1.97. The molecule has 0 saturated heterocycles. The van der Waals surface area contributed by atoms with E-state index in [4.69, 9.17) is 0 Å². The first kappa shape index (κ1) is 10.1. The quantitative estimate of drug-likeness (QED) is 0.862. The van der Waals surface area contributed by atoms with Crippen molar-refractivity contribution in [2.75, 3.05) is 7.05 Å². The van der Waals surface area contributed by atoms with Gasteiger partial charge >= 0.3 is 0 Å². The van der Waals surface area contributed by atoms with Gasteiger partial charge in [-0.1, -0.05) is 0 Å². The molecule has 0 radical (unpaired) electrons. The molecule has 0 aromatic carbocycles. The highest BCUT2D eigenvalue weighted by Gasteiger charge is 2.66. The summed E-state index contributed by atoms with van der Waals surface area (Å²) >= 11 is 0. The van der Waals surface area contributed by atoms with Crippen molar-refractivity contribution in [3.63, 3.8) is 0 Å². The number of nitrogens with zero attached hydrogens (tertiary/aromatic N) is 2. The van der Waals surface area contributed by atoms with Gasteiger partial charge in [-0.2, -0.15) is 5.10 Å². The molecule has 5 unspecified atom stereocenters. The molecule has 3 heteroatoms. The Kier molecular flexibility index (Phi) is 1.99. The van der Waals surface area contributed by atoms with E-state index in [1.54, 1.807) is 0 Å². The van der Waals surface area contributed by atoms with Gasteiger partial charge < -0.3 is 5.32 Å². The lowest BCUT2D eigenvalue weighted by molar-refractivity contribution is 0.385. The molecular formula is C14H21N3. The molecule has 3 aliphatic carbocycles. The maximum atomic E-state index is 4.32. The van der Waals surface area contributed by atoms with Gasteiger partial charge in [0, 0.05) is 24.8 Å². The van der Waals surface area contributed by atoms with Crippen molar-refractivity contribution >= 4 is 0 Å². The van der Waals surface area contributed by atoms with E-state index in [0.29, 0.717) is 6.04 Å². The van der Waals surface area contributed by atoms with Crippen molar-refractivity contribution < 1.29 is 0 Å². The van der Waals surface area contributed by atoms with Crippen LogP contribution in [0, 0.1) is 29.6 Å². The Balaban J connectivity index is 1.59. The van der Waals surface area contributed by atoms with E-state index in [9.17, 15) is 0 Å². The van der Waals surface area contributed by atoms with Crippen molar-refractivity contribution in [3.05, 3.63) is 18.0 Å². The van der Waals surface area contributed by atoms with Crippen molar-refractivity contribution in [1.82, 2.24) is 15.1 Å². The van der Waals surface area contributed by atoms with Gasteiger partial charge in [-0.25, -0.2) is 0 Å². The minimum atomic E-state index is 0.544. The van der Waals surface area contributed by atoms with Crippen LogP contribution < -0.4 is 5.32 Å². The van der Waals surface area contributed by atoms with Gasteiger partial charge in [0.1, 0.15) is 0 Å². The van der Waals surface area contributed by atoms with E-state index >= 15 is 0 Å². The molecule has 1 aromatic heterocycles. The van der Waals surface area contributed by atoms with Crippen LogP contribution in [-0.4, -0.2) is 16.8 Å². The largest absolute Gasteiger partial charge is 0.313 e. The van der Waals surface area contributed by atoms with Crippen molar-refractivity contribution in [1.29, 1.82) is 0 Å². The second-order valence-corrected chi connectivity index (χ2v) is 6.28. The third-order valence-electron chi connectivity index (χ3n) is 5.57. The van der Waals surface area contributed by atoms with Gasteiger partial charge in [-0.3, -0.25) is 4.68 Å². The molecular weight excluding hydrogens is 210 g/mol. The minimum absolute atomic E-state index is 0.544. The third kappa shape index (κ3) is 1.29. The van der Waals surface area contributed by atoms with Crippen LogP contribution in [0.25, 0.3) is 0 Å². The van der Waals surface area contributed by atoms with E-state index in [2.05, 4.69) is 23.7 Å². The number of hydrogen-bond donors (Lipinski definition) is 1. The lowest BCUT2D eigenvalue weighted by Crippen LogP contribution is -2.21. The topological polar surface area (TPSA) is 29.9 Å². The van der Waals surface area contributed by atoms with Gasteiger partial charge in [-0.15, -0.1) is 0 Å². The fourth-order valence-corrected chi connectivity index (χ4v) is 5.02. The van der Waals surface area contributed by atoms with Crippen molar-refractivity contribution in [3.8, 4) is 0 Å². The van der Waals surface area contributed by atoms with Crippen LogP contribution in [0.2, 0.25) is 0 Å². The smallest absolute Gasteiger partial charge is 0.0537 e. The van der Waals surface area contributed by atoms with E-state index in [0.717, 1.165) is 29.6 Å². The Labute approximate surface area is 103 Å². The van der Waals surface area contributed by atoms with Gasteiger partial charge in [0.05, 0.1) is 6.20 Å². The molecule has 1 heterocycles. The Hall–Kier alpha value is -0.830. The zero-order chi connectivity index (χ0) is 11.6. The number of rotatable bonds is 3. The molecule has 3 fully saturated rings. The molecule has 1 N–H and O–H groups in total. The maximum absolute atomic E-state index is 4.32. The zero-order valence-corrected chi connectivity index (χ0v) is 10.6. The molecule has 3 aliphatic rings. The monoisotopic (exact) mass is 231 g/mol. The Morgan fingerprint density at radius 2 is 2.06 bits per heavy atom. The predicted molar refractivity (Wildman–Crippen MR) is 66.3 cm³/mol. The number of hydrogen-bond acceptors (Lipinski definition) is 2. The number of aromatic nitrogens is 2. The molecule has 5 atom stereocenters. The van der Waals surface area contributed by atoms with Crippen molar-refractivity contribution in [2.45, 2.75) is 25.3 Å². The summed E-state index contributed by atoms with van der Waals surface area (Å²) < 4.78 is 1.92. The second kappa shape index (κ2) is 3.35. The summed E-state index contributed by atoms with van der Waals surface area (Å²) in [6.45, 7) is 0. The second-order valence-electron chi connectivity index (χ2n) is 6.28. The molecule has 3 saturated carbocycles. The summed E-state index contributed by atoms with van der Waals surface area (Å²) in [4.78, 5) is 0. The molecule has 3 nitrogen and oxygen atoms in total. The van der Waals surface area contributed by atoms with E-state index in [1.807, 2.05) is 17.9 Å². The Bertz CT molecular complexity index is 422. The summed E-state index contributed by atoms with van der Waals surface area (Å²) in [6, 6.07) is 0.544. The lowest BCUT2D eigenvalue weighted by atomic mass is 9.94. The molecule has 17 heavy (non-hydrogen) atoms. The highest BCUT2D eigenvalue weighted by molar-refractivity contribution is 5.22. The van der Waals surface area contributed by atoms with E-state index in [-0.39, 0.29) is 0 Å². The van der Waals surface area contributed by atoms with Crippen LogP contribution in [0.4, 0.5) is 0 Å². The fraction of sp³-hybridized carbons (Fsp3) is 0.786. The van der Waals surface area contributed by atoms with Crippen LogP contribution in [0.5, 0.6) is 0 Å². The van der Waals surface area contributed by atoms with E-state index < -0.39 is 0 Å². The Morgan fingerprint density at radius 1 is 1.35 bits per heavy atom. The maximum Gasteiger partial charge on any atom is 0.0537 e. The van der Waals surface area contributed by atoms with Crippen LogP contribution >= 0.6 is 0 Å². The average Bonchev–Trinajstić information content (AvgIpc) is 2.73. The molecule has 0 amide bonds. The SMILES string of the molecule is CNC(c1cnn(C)c1)C1C2C3CCC(C3)C21. The Morgan fingerprint density at radius 3 is 2.59 bits per heavy atom. The first-order chi connectivity index (χ1) is 8.29. The molecule has 0 spiro atoms. The highest BCUT2D eigenvalue weighted by Crippen LogP contribution is 2.72. The number of fused-ring (bicyclic) bond motifs is 5. The first-order valence-electron chi connectivity index (χ1n) is 6.95. The summed E-state index contributed by atoms with van der Waals surface area (Å²) in [5.74, 6) is 5.08. The standard InChI is InChI=1S/C14H21N3/c1-15-14(10-6-16-17(2)7-10)13-11-8-3-4-9(5-8)12(11)13/h6-9,11-15H,3-5H2,1-2H3. The average molecular weight is 231 g/mol. The molecule has 1 aromatic rings. The lowest BCUT2D eigenvalue weighted by Gasteiger charge is -2.18. The first-order valence-corrected chi connectivity index (χ1v) is 6.95. The van der Waals surface area contributed by atoms with Crippen LogP contribution in [0.15, 0.2) is 12.4 Å². The number of aryl methyl sites for hydroxylation is 1. The van der Waals surface area contributed by atoms with E-state index in [1.165, 1.54) is 24.8 Å². The van der Waals surface area contributed by atoms with Crippen LogP contribution in [-0.2, 0) is 7.05 Å². The minimum Gasteiger partial charge on any atom is -0.313 e. The highest BCUT2D eigenvalue weighted by atomic mass is 15.2.